The minimum atomic E-state index is -4.27. The smallest absolute Gasteiger partial charge is 0.264 e. The molecule has 0 aliphatic carbocycles. The molecule has 2 aromatic carbocycles. The average Bonchev–Trinajstić information content (AvgIpc) is 3.22. The Kier molecular flexibility index (Phi) is 5.02. The highest BCUT2D eigenvalue weighted by Crippen LogP contribution is 2.25. The van der Waals surface area contributed by atoms with Crippen LogP contribution in [0, 0.1) is 11.6 Å². The molecule has 11 heteroatoms. The summed E-state index contributed by atoms with van der Waals surface area (Å²) in [4.78, 5) is 3.43. The van der Waals surface area contributed by atoms with Crippen LogP contribution in [0.3, 0.4) is 0 Å². The molecule has 5 rings (SSSR count). The molecule has 1 N–H and O–H groups in total. The van der Waals surface area contributed by atoms with Crippen LogP contribution >= 0.6 is 0 Å². The van der Waals surface area contributed by atoms with E-state index in [4.69, 9.17) is 0 Å². The van der Waals surface area contributed by atoms with Crippen LogP contribution in [-0.2, 0) is 10.0 Å². The number of pyridine rings is 1. The van der Waals surface area contributed by atoms with Gasteiger partial charge in [-0.2, -0.15) is 9.61 Å². The molecular weight excluding hydrogens is 450 g/mol. The number of nitrogens with zero attached hydrogens (tertiary/aromatic N) is 5. The van der Waals surface area contributed by atoms with Crippen molar-refractivity contribution in [1.82, 2.24) is 24.8 Å². The molecule has 0 atom stereocenters. The quantitative estimate of drug-likeness (QED) is 0.423. The zero-order chi connectivity index (χ0) is 23.0. The molecule has 0 bridgehead atoms. The van der Waals surface area contributed by atoms with Crippen molar-refractivity contribution in [1.29, 1.82) is 0 Å². The predicted octanol–water partition coefficient (Wildman–Crippen LogP) is 3.93. The van der Waals surface area contributed by atoms with Crippen molar-refractivity contribution in [3.63, 3.8) is 0 Å². The van der Waals surface area contributed by atoms with Gasteiger partial charge in [-0.15, -0.1) is 10.2 Å². The Hall–Kier alpha value is -4.25. The van der Waals surface area contributed by atoms with E-state index in [-0.39, 0.29) is 5.69 Å². The van der Waals surface area contributed by atoms with Crippen LogP contribution in [0.25, 0.3) is 28.3 Å². The minimum Gasteiger partial charge on any atom is -0.280 e. The van der Waals surface area contributed by atoms with E-state index < -0.39 is 26.6 Å². The summed E-state index contributed by atoms with van der Waals surface area (Å²) < 4.78 is 56.2. The van der Waals surface area contributed by atoms with Crippen molar-refractivity contribution in [3.8, 4) is 22.6 Å². The lowest BCUT2D eigenvalue weighted by molar-refractivity contribution is 0.551. The summed E-state index contributed by atoms with van der Waals surface area (Å²) in [6, 6.07) is 15.8. The van der Waals surface area contributed by atoms with Crippen molar-refractivity contribution >= 4 is 21.4 Å². The van der Waals surface area contributed by atoms with Gasteiger partial charge in [0.1, 0.15) is 16.5 Å². The van der Waals surface area contributed by atoms with E-state index in [9.17, 15) is 17.2 Å². The third-order valence-corrected chi connectivity index (χ3v) is 6.19. The molecule has 0 amide bonds. The monoisotopic (exact) mass is 464 g/mol. The van der Waals surface area contributed by atoms with E-state index in [1.165, 1.54) is 6.07 Å². The van der Waals surface area contributed by atoms with Gasteiger partial charge in [-0.1, -0.05) is 12.1 Å². The Morgan fingerprint density at radius 1 is 0.879 bits per heavy atom. The van der Waals surface area contributed by atoms with Crippen LogP contribution in [0.2, 0.25) is 0 Å². The fraction of sp³-hybridized carbons (Fsp3) is 0. The van der Waals surface area contributed by atoms with Crippen LogP contribution in [0.5, 0.6) is 0 Å². The van der Waals surface area contributed by atoms with E-state index in [2.05, 4.69) is 25.0 Å². The Bertz CT molecular complexity index is 1590. The highest BCUT2D eigenvalue weighted by atomic mass is 32.2. The Balaban J connectivity index is 1.50. The zero-order valence-corrected chi connectivity index (χ0v) is 17.5. The first-order valence-corrected chi connectivity index (χ1v) is 11.1. The standard InChI is InChI=1S/C22H14F2N6O2S/c23-16-6-8-20(18(24)12-16)33(31,32)29-17-5-1-3-14(11-17)19-7-9-21-26-27-22(30(21)28-19)15-4-2-10-25-13-15/h1-13,29H. The fourth-order valence-electron chi connectivity index (χ4n) is 3.26. The third kappa shape index (κ3) is 4.01. The molecule has 0 radical (unpaired) electrons. The van der Waals surface area contributed by atoms with E-state index in [1.54, 1.807) is 53.3 Å². The lowest BCUT2D eigenvalue weighted by atomic mass is 10.1. The minimum absolute atomic E-state index is 0.189. The third-order valence-electron chi connectivity index (χ3n) is 4.78. The maximum absolute atomic E-state index is 14.0. The number of benzene rings is 2. The highest BCUT2D eigenvalue weighted by Gasteiger charge is 2.20. The predicted molar refractivity (Wildman–Crippen MR) is 117 cm³/mol. The lowest BCUT2D eigenvalue weighted by Crippen LogP contribution is -2.14. The molecule has 0 fully saturated rings. The topological polar surface area (TPSA) is 102 Å². The Morgan fingerprint density at radius 3 is 2.52 bits per heavy atom. The van der Waals surface area contributed by atoms with E-state index >= 15 is 0 Å². The first-order chi connectivity index (χ1) is 15.9. The summed E-state index contributed by atoms with van der Waals surface area (Å²) in [6.07, 6.45) is 3.30. The van der Waals surface area contributed by atoms with E-state index in [0.29, 0.717) is 28.8 Å². The molecule has 0 aliphatic heterocycles. The van der Waals surface area contributed by atoms with E-state index in [1.807, 2.05) is 6.07 Å². The van der Waals surface area contributed by atoms with Gasteiger partial charge in [-0.3, -0.25) is 9.71 Å². The first kappa shape index (κ1) is 20.6. The van der Waals surface area contributed by atoms with Gasteiger partial charge in [0, 0.05) is 35.3 Å². The number of aromatic nitrogens is 5. The summed E-state index contributed by atoms with van der Waals surface area (Å²) in [5.41, 5.74) is 2.58. The van der Waals surface area contributed by atoms with Gasteiger partial charge in [0.05, 0.1) is 5.69 Å². The molecule has 0 saturated heterocycles. The number of sulfonamides is 1. The second-order valence-electron chi connectivity index (χ2n) is 7.01. The Labute approximate surface area is 186 Å². The molecule has 5 aromatic rings. The van der Waals surface area contributed by atoms with Gasteiger partial charge in [-0.05, 0) is 48.5 Å². The molecule has 3 aromatic heterocycles. The van der Waals surface area contributed by atoms with Gasteiger partial charge in [-0.25, -0.2) is 17.2 Å². The molecule has 0 unspecified atom stereocenters. The molecule has 0 spiro atoms. The molecule has 8 nitrogen and oxygen atoms in total. The maximum Gasteiger partial charge on any atom is 0.264 e. The van der Waals surface area contributed by atoms with Crippen LogP contribution in [0.1, 0.15) is 0 Å². The molecule has 164 valence electrons. The molecule has 3 heterocycles. The number of fused-ring (bicyclic) bond motifs is 1. The second-order valence-corrected chi connectivity index (χ2v) is 8.67. The van der Waals surface area contributed by atoms with Crippen molar-refractivity contribution in [2.45, 2.75) is 4.90 Å². The van der Waals surface area contributed by atoms with Crippen LogP contribution in [0.4, 0.5) is 14.5 Å². The zero-order valence-electron chi connectivity index (χ0n) is 16.7. The molecule has 33 heavy (non-hydrogen) atoms. The maximum atomic E-state index is 14.0. The van der Waals surface area contributed by atoms with Crippen molar-refractivity contribution in [3.05, 3.63) is 90.8 Å². The molecular formula is C22H14F2N6O2S. The summed E-state index contributed by atoms with van der Waals surface area (Å²) in [6.45, 7) is 0. The molecule has 0 saturated carbocycles. The summed E-state index contributed by atoms with van der Waals surface area (Å²) in [7, 11) is -4.27. The normalized spacial score (nSPS) is 11.6. The van der Waals surface area contributed by atoms with Crippen LogP contribution in [0.15, 0.2) is 84.0 Å². The van der Waals surface area contributed by atoms with Crippen LogP contribution in [-0.4, -0.2) is 33.2 Å². The van der Waals surface area contributed by atoms with Crippen LogP contribution < -0.4 is 4.72 Å². The van der Waals surface area contributed by atoms with E-state index in [0.717, 1.165) is 17.7 Å². The molecule has 0 aliphatic rings. The SMILES string of the molecule is O=S(=O)(Nc1cccc(-c2ccc3nnc(-c4cccnc4)n3n2)c1)c1ccc(F)cc1F. The number of anilines is 1. The number of nitrogens with one attached hydrogen (secondary N) is 1. The lowest BCUT2D eigenvalue weighted by Gasteiger charge is -2.10. The summed E-state index contributed by atoms with van der Waals surface area (Å²) >= 11 is 0. The number of hydrogen-bond acceptors (Lipinski definition) is 6. The average molecular weight is 464 g/mol. The van der Waals surface area contributed by atoms with Crippen molar-refractivity contribution in [2.24, 2.45) is 0 Å². The fourth-order valence-corrected chi connectivity index (χ4v) is 4.37. The summed E-state index contributed by atoms with van der Waals surface area (Å²) in [5, 5.41) is 12.9. The van der Waals surface area contributed by atoms with Gasteiger partial charge < -0.3 is 0 Å². The number of rotatable bonds is 5. The first-order valence-electron chi connectivity index (χ1n) is 9.62. The van der Waals surface area contributed by atoms with Crippen molar-refractivity contribution in [2.75, 3.05) is 4.72 Å². The summed E-state index contributed by atoms with van der Waals surface area (Å²) in [5.74, 6) is -1.54. The van der Waals surface area contributed by atoms with Gasteiger partial charge in [0.2, 0.25) is 0 Å². The highest BCUT2D eigenvalue weighted by molar-refractivity contribution is 7.92. The second kappa shape index (κ2) is 8.02. The van der Waals surface area contributed by atoms with Crippen molar-refractivity contribution < 1.29 is 17.2 Å². The number of halogens is 2. The largest absolute Gasteiger partial charge is 0.280 e. The van der Waals surface area contributed by atoms with Gasteiger partial charge in [0.15, 0.2) is 11.5 Å². The number of hydrogen-bond donors (Lipinski definition) is 1. The van der Waals surface area contributed by atoms with Gasteiger partial charge >= 0.3 is 0 Å². The Morgan fingerprint density at radius 2 is 1.73 bits per heavy atom. The van der Waals surface area contributed by atoms with Gasteiger partial charge in [0.25, 0.3) is 10.0 Å².